The maximum absolute atomic E-state index is 12.2. The van der Waals surface area contributed by atoms with E-state index in [1.807, 2.05) is 30.3 Å². The monoisotopic (exact) mass is 413 g/mol. The molecule has 1 heterocycles. The van der Waals surface area contributed by atoms with Crippen LogP contribution in [0.25, 0.3) is 11.3 Å². The third-order valence-electron chi connectivity index (χ3n) is 4.02. The smallest absolute Gasteiger partial charge is 0.240 e. The lowest BCUT2D eigenvalue weighted by molar-refractivity contribution is -0.116. The molecule has 0 aliphatic heterocycles. The Hall–Kier alpha value is -2.97. The highest BCUT2D eigenvalue weighted by Crippen LogP contribution is 2.20. The summed E-state index contributed by atoms with van der Waals surface area (Å²) in [6.45, 7) is 3.51. The van der Waals surface area contributed by atoms with Crippen molar-refractivity contribution in [2.75, 3.05) is 5.32 Å². The first kappa shape index (κ1) is 20.8. The Balaban J connectivity index is 1.54. The molecule has 8 heteroatoms. The largest absolute Gasteiger partial charge is 0.441 e. The van der Waals surface area contributed by atoms with Crippen molar-refractivity contribution in [3.05, 3.63) is 66.7 Å². The summed E-state index contributed by atoms with van der Waals surface area (Å²) >= 11 is 0. The van der Waals surface area contributed by atoms with E-state index < -0.39 is 10.0 Å². The number of carbonyl (C=O) groups is 1. The number of anilines is 1. The summed E-state index contributed by atoms with van der Waals surface area (Å²) in [6, 6.07) is 15.5. The molecule has 7 nitrogen and oxygen atoms in total. The topological polar surface area (TPSA) is 101 Å². The van der Waals surface area contributed by atoms with Gasteiger partial charge in [-0.05, 0) is 38.1 Å². The molecule has 0 atom stereocenters. The molecule has 0 aliphatic carbocycles. The first-order chi connectivity index (χ1) is 13.8. The number of hydrogen-bond donors (Lipinski definition) is 2. The molecule has 0 saturated carbocycles. The Morgan fingerprint density at radius 3 is 2.41 bits per heavy atom. The summed E-state index contributed by atoms with van der Waals surface area (Å²) in [5.74, 6) is 0.938. The van der Waals surface area contributed by atoms with Gasteiger partial charge >= 0.3 is 0 Å². The number of aromatic nitrogens is 1. The molecule has 0 spiro atoms. The number of sulfonamides is 1. The zero-order valence-electron chi connectivity index (χ0n) is 16.3. The van der Waals surface area contributed by atoms with Gasteiger partial charge in [0.2, 0.25) is 15.9 Å². The van der Waals surface area contributed by atoms with Crippen LogP contribution in [0.5, 0.6) is 0 Å². The minimum atomic E-state index is -3.56. The summed E-state index contributed by atoms with van der Waals surface area (Å²) in [5, 5.41) is 2.75. The molecule has 0 radical (unpaired) electrons. The fourth-order valence-electron chi connectivity index (χ4n) is 2.70. The summed E-state index contributed by atoms with van der Waals surface area (Å²) in [7, 11) is -3.56. The minimum Gasteiger partial charge on any atom is -0.441 e. The third-order valence-corrected chi connectivity index (χ3v) is 5.69. The van der Waals surface area contributed by atoms with Crippen LogP contribution in [0.2, 0.25) is 0 Å². The van der Waals surface area contributed by atoms with Gasteiger partial charge in [0.25, 0.3) is 0 Å². The maximum Gasteiger partial charge on any atom is 0.240 e. The van der Waals surface area contributed by atoms with Crippen molar-refractivity contribution in [1.29, 1.82) is 0 Å². The van der Waals surface area contributed by atoms with Crippen LogP contribution in [0.3, 0.4) is 0 Å². The summed E-state index contributed by atoms with van der Waals surface area (Å²) in [6.07, 6.45) is 2.21. The Labute approximate surface area is 170 Å². The number of hydrogen-bond acceptors (Lipinski definition) is 5. The van der Waals surface area contributed by atoms with Gasteiger partial charge in [-0.2, -0.15) is 0 Å². The van der Waals surface area contributed by atoms with E-state index in [1.54, 1.807) is 32.2 Å². The maximum atomic E-state index is 12.2. The molecule has 1 aromatic heterocycles. The minimum absolute atomic E-state index is 0.150. The number of oxazole rings is 1. The van der Waals surface area contributed by atoms with Gasteiger partial charge in [-0.25, -0.2) is 18.1 Å². The molecule has 3 aromatic rings. The fourth-order valence-corrected chi connectivity index (χ4v) is 3.95. The number of aryl methyl sites for hydroxylation is 1. The number of rotatable bonds is 8. The Kier molecular flexibility index (Phi) is 6.46. The predicted molar refractivity (Wildman–Crippen MR) is 111 cm³/mol. The van der Waals surface area contributed by atoms with Crippen LogP contribution >= 0.6 is 0 Å². The van der Waals surface area contributed by atoms with Crippen LogP contribution in [0.4, 0.5) is 5.69 Å². The van der Waals surface area contributed by atoms with Crippen molar-refractivity contribution in [3.8, 4) is 11.3 Å². The zero-order chi connectivity index (χ0) is 20.9. The van der Waals surface area contributed by atoms with Crippen LogP contribution in [0.1, 0.15) is 26.2 Å². The molecule has 0 bridgehead atoms. The number of benzene rings is 2. The summed E-state index contributed by atoms with van der Waals surface area (Å²) < 4.78 is 32.5. The molecule has 0 aliphatic rings. The molecule has 152 valence electrons. The van der Waals surface area contributed by atoms with Crippen molar-refractivity contribution in [2.45, 2.75) is 37.6 Å². The Morgan fingerprint density at radius 1 is 1.07 bits per heavy atom. The standard InChI is InChI=1S/C21H23N3O4S/c1-15(2)24-29(26,27)18-10-8-17(9-11-18)23-20(25)12-13-21-22-14-19(28-21)16-6-4-3-5-7-16/h3-11,14-15,24H,12-13H2,1-2H3,(H,23,25). The molecule has 0 saturated heterocycles. The zero-order valence-corrected chi connectivity index (χ0v) is 17.1. The van der Waals surface area contributed by atoms with Crippen LogP contribution in [-0.4, -0.2) is 25.4 Å². The molecule has 0 unspecified atom stereocenters. The molecule has 2 aromatic carbocycles. The average Bonchev–Trinajstić information content (AvgIpc) is 3.16. The molecular formula is C21H23N3O4S. The lowest BCUT2D eigenvalue weighted by Gasteiger charge is -2.10. The van der Waals surface area contributed by atoms with Crippen molar-refractivity contribution in [3.63, 3.8) is 0 Å². The van der Waals surface area contributed by atoms with Crippen molar-refractivity contribution in [2.24, 2.45) is 0 Å². The van der Waals surface area contributed by atoms with Gasteiger partial charge in [0.15, 0.2) is 11.7 Å². The predicted octanol–water partition coefficient (Wildman–Crippen LogP) is 3.60. The molecule has 29 heavy (non-hydrogen) atoms. The second-order valence-electron chi connectivity index (χ2n) is 6.83. The van der Waals surface area contributed by atoms with E-state index in [0.717, 1.165) is 5.56 Å². The van der Waals surface area contributed by atoms with E-state index >= 15 is 0 Å². The van der Waals surface area contributed by atoms with Crippen LogP contribution in [-0.2, 0) is 21.2 Å². The highest BCUT2D eigenvalue weighted by atomic mass is 32.2. The molecule has 2 N–H and O–H groups in total. The SMILES string of the molecule is CC(C)NS(=O)(=O)c1ccc(NC(=O)CCc2ncc(-c3ccccc3)o2)cc1. The van der Waals surface area contributed by atoms with E-state index in [4.69, 9.17) is 4.42 Å². The van der Waals surface area contributed by atoms with Gasteiger partial charge in [-0.3, -0.25) is 4.79 Å². The molecule has 1 amide bonds. The van der Waals surface area contributed by atoms with Gasteiger partial charge in [0, 0.05) is 30.1 Å². The van der Waals surface area contributed by atoms with Gasteiger partial charge in [0.1, 0.15) is 0 Å². The van der Waals surface area contributed by atoms with Gasteiger partial charge in [-0.1, -0.05) is 30.3 Å². The lowest BCUT2D eigenvalue weighted by Crippen LogP contribution is -2.30. The Bertz CT molecular complexity index is 1060. The van der Waals surface area contributed by atoms with Crippen LogP contribution < -0.4 is 10.0 Å². The average molecular weight is 413 g/mol. The Morgan fingerprint density at radius 2 is 1.76 bits per heavy atom. The quantitative estimate of drug-likeness (QED) is 0.588. The number of amides is 1. The fraction of sp³-hybridized carbons (Fsp3) is 0.238. The normalized spacial score (nSPS) is 11.6. The highest BCUT2D eigenvalue weighted by Gasteiger charge is 2.15. The summed E-state index contributed by atoms with van der Waals surface area (Å²) in [5.41, 5.74) is 1.45. The van der Waals surface area contributed by atoms with Crippen molar-refractivity contribution in [1.82, 2.24) is 9.71 Å². The third kappa shape index (κ3) is 5.75. The van der Waals surface area contributed by atoms with Crippen molar-refractivity contribution < 1.29 is 17.6 Å². The molecule has 0 fully saturated rings. The van der Waals surface area contributed by atoms with Crippen LogP contribution in [0.15, 0.2) is 70.1 Å². The first-order valence-corrected chi connectivity index (χ1v) is 10.7. The van der Waals surface area contributed by atoms with E-state index in [-0.39, 0.29) is 23.3 Å². The highest BCUT2D eigenvalue weighted by molar-refractivity contribution is 7.89. The number of carbonyl (C=O) groups excluding carboxylic acids is 1. The molecule has 3 rings (SSSR count). The lowest BCUT2D eigenvalue weighted by atomic mass is 10.2. The first-order valence-electron chi connectivity index (χ1n) is 9.26. The van der Waals surface area contributed by atoms with E-state index in [9.17, 15) is 13.2 Å². The van der Waals surface area contributed by atoms with Gasteiger partial charge < -0.3 is 9.73 Å². The molecular weight excluding hydrogens is 390 g/mol. The van der Waals surface area contributed by atoms with Crippen molar-refractivity contribution >= 4 is 21.6 Å². The van der Waals surface area contributed by atoms with Crippen LogP contribution in [0, 0.1) is 0 Å². The number of nitrogens with zero attached hydrogens (tertiary/aromatic N) is 1. The summed E-state index contributed by atoms with van der Waals surface area (Å²) in [4.78, 5) is 16.5. The van der Waals surface area contributed by atoms with E-state index in [1.165, 1.54) is 12.1 Å². The number of nitrogens with one attached hydrogen (secondary N) is 2. The second-order valence-corrected chi connectivity index (χ2v) is 8.55. The second kappa shape index (κ2) is 9.02. The van der Waals surface area contributed by atoms with E-state index in [0.29, 0.717) is 23.8 Å². The van der Waals surface area contributed by atoms with Gasteiger partial charge in [0.05, 0.1) is 11.1 Å². The van der Waals surface area contributed by atoms with E-state index in [2.05, 4.69) is 15.0 Å². The van der Waals surface area contributed by atoms with Gasteiger partial charge in [-0.15, -0.1) is 0 Å².